The highest BCUT2D eigenvalue weighted by atomic mass is 15.0. The zero-order chi connectivity index (χ0) is 46.8. The average molecular weight is 888 g/mol. The molecule has 69 heavy (non-hydrogen) atoms. The van der Waals surface area contributed by atoms with Gasteiger partial charge in [-0.3, -0.25) is 0 Å². The first-order chi connectivity index (χ1) is 33.9. The molecule has 2 aromatic heterocycles. The number of nitrogen functional groups attached to an aromatic ring is 1. The first-order valence-electron chi connectivity index (χ1n) is 23.9. The zero-order valence-corrected chi connectivity index (χ0v) is 38.9. The molecule has 0 spiro atoms. The summed E-state index contributed by atoms with van der Waals surface area (Å²) in [7, 11) is 0. The minimum Gasteiger partial charge on any atom is -0.399 e. The van der Waals surface area contributed by atoms with E-state index in [1.165, 1.54) is 82.9 Å². The third-order valence-electron chi connectivity index (χ3n) is 13.7. The van der Waals surface area contributed by atoms with Crippen molar-refractivity contribution < 1.29 is 0 Å². The van der Waals surface area contributed by atoms with E-state index in [-0.39, 0.29) is 0 Å². The third-order valence-corrected chi connectivity index (χ3v) is 13.7. The first-order valence-corrected chi connectivity index (χ1v) is 23.9. The lowest BCUT2D eigenvalue weighted by Gasteiger charge is -2.14. The van der Waals surface area contributed by atoms with Crippen LogP contribution in [0.4, 0.5) is 5.69 Å². The Kier molecular flexibility index (Phi) is 11.5. The van der Waals surface area contributed by atoms with Crippen LogP contribution in [0, 0.1) is 5.92 Å². The van der Waals surface area contributed by atoms with E-state index in [1.54, 1.807) is 0 Å². The lowest BCUT2D eigenvalue weighted by atomic mass is 9.91. The van der Waals surface area contributed by atoms with Gasteiger partial charge in [-0.25, -0.2) is 0 Å². The number of hydrogen-bond acceptors (Lipinski definition) is 1. The highest BCUT2D eigenvalue weighted by Gasteiger charge is 2.21. The van der Waals surface area contributed by atoms with Crippen molar-refractivity contribution >= 4 is 55.6 Å². The second-order valence-corrected chi connectivity index (χ2v) is 18.1. The van der Waals surface area contributed by atoms with Gasteiger partial charge in [-0.05, 0) is 141 Å². The Morgan fingerprint density at radius 3 is 1.59 bits per heavy atom. The summed E-state index contributed by atoms with van der Waals surface area (Å²) in [4.78, 5) is 0. The average Bonchev–Trinajstić information content (AvgIpc) is 3.93. The number of nitrogens with zero attached hydrogens (tertiary/aromatic N) is 2. The van der Waals surface area contributed by atoms with Crippen LogP contribution in [0.25, 0.3) is 83.6 Å². The van der Waals surface area contributed by atoms with Crippen LogP contribution in [-0.2, 0) is 6.42 Å². The molecule has 0 fully saturated rings. The van der Waals surface area contributed by atoms with Crippen molar-refractivity contribution in [2.75, 3.05) is 5.73 Å². The molecule has 0 saturated carbocycles. The summed E-state index contributed by atoms with van der Waals surface area (Å²) in [6.45, 7) is 10.7. The normalized spacial score (nSPS) is 16.6. The highest BCUT2D eigenvalue weighted by Crippen LogP contribution is 2.40. The van der Waals surface area contributed by atoms with Gasteiger partial charge in [0.1, 0.15) is 0 Å². The van der Waals surface area contributed by atoms with Crippen molar-refractivity contribution in [2.24, 2.45) is 5.92 Å². The molecule has 0 aliphatic heterocycles. The summed E-state index contributed by atoms with van der Waals surface area (Å²) in [6, 6.07) is 71.2. The predicted octanol–water partition coefficient (Wildman–Crippen LogP) is 17.1. The molecule has 3 nitrogen and oxygen atoms in total. The van der Waals surface area contributed by atoms with Crippen LogP contribution in [0.2, 0.25) is 0 Å². The Morgan fingerprint density at radius 1 is 0.464 bits per heavy atom. The number of benzene rings is 8. The molecule has 0 amide bonds. The molecule has 0 radical (unpaired) electrons. The van der Waals surface area contributed by atoms with Crippen molar-refractivity contribution in [1.82, 2.24) is 9.13 Å². The van der Waals surface area contributed by atoms with E-state index in [0.29, 0.717) is 5.92 Å². The molecule has 12 rings (SSSR count). The molecule has 8 aromatic carbocycles. The fraction of sp³-hybridized carbons (Fsp3) is 0.0606. The minimum absolute atomic E-state index is 0.294. The number of rotatable bonds is 6. The fourth-order valence-corrected chi connectivity index (χ4v) is 10.1. The second-order valence-electron chi connectivity index (χ2n) is 18.1. The van der Waals surface area contributed by atoms with Gasteiger partial charge in [-0.15, -0.1) is 0 Å². The van der Waals surface area contributed by atoms with E-state index >= 15 is 0 Å². The van der Waals surface area contributed by atoms with Crippen molar-refractivity contribution in [2.45, 2.75) is 19.8 Å². The van der Waals surface area contributed by atoms with Gasteiger partial charge in [-0.1, -0.05) is 190 Å². The summed E-state index contributed by atoms with van der Waals surface area (Å²) in [5.41, 5.74) is 27.1. The van der Waals surface area contributed by atoms with Crippen molar-refractivity contribution in [1.29, 1.82) is 0 Å². The first kappa shape index (κ1) is 42.9. The summed E-state index contributed by atoms with van der Waals surface area (Å²) in [6.07, 6.45) is 15.4. The SMILES string of the molecule is C=C1/C=C(c2ccccc2)\C=C/C(C)/C(c2ccccc2)=C\C1=C.Nc1ccc(-n2c3c(c4ccc(-n5c6ccc(-c7ccccc7)cc6c6cc(-c7ccccc7)ccc65)cc42)C=CCC3)cc1. The predicted molar refractivity (Wildman–Crippen MR) is 296 cm³/mol. The molecule has 2 aliphatic carbocycles. The summed E-state index contributed by atoms with van der Waals surface area (Å²) >= 11 is 0. The Morgan fingerprint density at radius 2 is 1.00 bits per heavy atom. The van der Waals surface area contributed by atoms with Crippen LogP contribution in [-0.4, -0.2) is 9.13 Å². The maximum atomic E-state index is 6.10. The third kappa shape index (κ3) is 8.41. The zero-order valence-electron chi connectivity index (χ0n) is 38.9. The molecule has 0 saturated heterocycles. The lowest BCUT2D eigenvalue weighted by Crippen LogP contribution is -2.03. The largest absolute Gasteiger partial charge is 0.399 e. The maximum absolute atomic E-state index is 6.10. The Labute approximate surface area is 405 Å². The molecule has 2 N–H and O–H groups in total. The molecule has 0 bridgehead atoms. The highest BCUT2D eigenvalue weighted by molar-refractivity contribution is 6.12. The van der Waals surface area contributed by atoms with Gasteiger partial charge in [0.15, 0.2) is 0 Å². The van der Waals surface area contributed by atoms with Gasteiger partial charge in [0.25, 0.3) is 0 Å². The van der Waals surface area contributed by atoms with Gasteiger partial charge < -0.3 is 14.9 Å². The molecule has 332 valence electrons. The summed E-state index contributed by atoms with van der Waals surface area (Å²) < 4.78 is 4.87. The Hall–Kier alpha value is -8.66. The van der Waals surface area contributed by atoms with E-state index in [9.17, 15) is 0 Å². The van der Waals surface area contributed by atoms with Crippen molar-refractivity contribution in [3.63, 3.8) is 0 Å². The number of hydrogen-bond donors (Lipinski definition) is 1. The molecule has 2 heterocycles. The maximum Gasteiger partial charge on any atom is 0.0558 e. The molecule has 3 heteroatoms. The van der Waals surface area contributed by atoms with Crippen LogP contribution in [0.1, 0.15) is 35.7 Å². The molecule has 1 unspecified atom stereocenters. The summed E-state index contributed by atoms with van der Waals surface area (Å²) in [5, 5.41) is 3.78. The van der Waals surface area contributed by atoms with E-state index in [4.69, 9.17) is 5.73 Å². The van der Waals surface area contributed by atoms with Gasteiger partial charge >= 0.3 is 0 Å². The van der Waals surface area contributed by atoms with Gasteiger partial charge in [-0.2, -0.15) is 0 Å². The number of nitrogens with two attached hydrogens (primary N) is 1. The van der Waals surface area contributed by atoms with Crippen molar-refractivity contribution in [3.05, 3.63) is 277 Å². The number of fused-ring (bicyclic) bond motifs is 6. The topological polar surface area (TPSA) is 35.9 Å². The smallest absolute Gasteiger partial charge is 0.0558 e. The van der Waals surface area contributed by atoms with Gasteiger partial charge in [0, 0.05) is 44.5 Å². The number of allylic oxidation sites excluding steroid dienone is 9. The second kappa shape index (κ2) is 18.6. The van der Waals surface area contributed by atoms with Gasteiger partial charge in [0.2, 0.25) is 0 Å². The van der Waals surface area contributed by atoms with E-state index in [2.05, 4.69) is 242 Å². The van der Waals surface area contributed by atoms with Crippen LogP contribution in [0.3, 0.4) is 0 Å². The van der Waals surface area contributed by atoms with Crippen LogP contribution in [0.15, 0.2) is 255 Å². The molecular weight excluding hydrogens is 835 g/mol. The Balaban J connectivity index is 0.000000183. The molecular formula is C66H53N3. The van der Waals surface area contributed by atoms with E-state index < -0.39 is 0 Å². The molecule has 10 aromatic rings. The Bertz CT molecular complexity index is 3580. The van der Waals surface area contributed by atoms with E-state index in [1.807, 2.05) is 24.3 Å². The standard InChI is InChI=1S/C42H31N3.C24H22/c43-32-17-19-33(20-18-32)44-39-14-8-7-13-35(39)36-22-21-34(27-42(36)44)45-40-23-15-30(28-9-3-1-4-10-28)25-37(40)38-26-31(16-24-41(38)45)29-11-5-2-6-12-29;1-18-14-15-23(21-10-6-4-7-11-21)16-19(2)20(3)17-24(18)22-12-8-5-9-13-22/h1-7,9-13,15-27H,8,14,43H2;4-18H,2-3H2,1H3/b;15-14-,23-16+,24-17+. The van der Waals surface area contributed by atoms with Crippen LogP contribution < -0.4 is 5.73 Å². The van der Waals surface area contributed by atoms with E-state index in [0.717, 1.165) is 46.6 Å². The fourth-order valence-electron chi connectivity index (χ4n) is 10.1. The number of aromatic nitrogens is 2. The van der Waals surface area contributed by atoms with Crippen molar-refractivity contribution in [3.8, 4) is 33.6 Å². The van der Waals surface area contributed by atoms with Crippen LogP contribution >= 0.6 is 0 Å². The lowest BCUT2D eigenvalue weighted by molar-refractivity contribution is 0.888. The minimum atomic E-state index is 0.294. The summed E-state index contributed by atoms with van der Waals surface area (Å²) in [5.74, 6) is 0.294. The number of anilines is 1. The quantitative estimate of drug-likeness (QED) is 0.166. The molecule has 2 aliphatic rings. The van der Waals surface area contributed by atoms with Gasteiger partial charge in [0.05, 0.1) is 16.6 Å². The van der Waals surface area contributed by atoms with Crippen LogP contribution in [0.5, 0.6) is 0 Å². The monoisotopic (exact) mass is 887 g/mol. The molecule has 1 atom stereocenters.